The van der Waals surface area contributed by atoms with Gasteiger partial charge in [0, 0.05) is 6.54 Å². The molecule has 1 fully saturated rings. The minimum absolute atomic E-state index is 0.457. The van der Waals surface area contributed by atoms with Crippen molar-refractivity contribution >= 4 is 15.9 Å². The first-order valence-corrected chi connectivity index (χ1v) is 9.05. The van der Waals surface area contributed by atoms with Gasteiger partial charge in [-0.05, 0) is 37.5 Å². The summed E-state index contributed by atoms with van der Waals surface area (Å²) in [4.78, 5) is 11.3. The molecule has 0 radical (unpaired) electrons. The third-order valence-electron chi connectivity index (χ3n) is 3.75. The van der Waals surface area contributed by atoms with Crippen LogP contribution in [0.4, 0.5) is 13.2 Å². The molecule has 2 rings (SSSR count). The highest BCUT2D eigenvalue weighted by Gasteiger charge is 2.32. The van der Waals surface area contributed by atoms with Crippen molar-refractivity contribution < 1.29 is 26.4 Å². The van der Waals surface area contributed by atoms with Crippen molar-refractivity contribution in [1.29, 1.82) is 0 Å². The lowest BCUT2D eigenvalue weighted by atomic mass is 10.2. The first kappa shape index (κ1) is 18.7. The second kappa shape index (κ2) is 7.10. The largest absolute Gasteiger partial charge is 0.416 e. The summed E-state index contributed by atoms with van der Waals surface area (Å²) in [6.45, 7) is 1.80. The summed E-state index contributed by atoms with van der Waals surface area (Å²) in [5.74, 6) is 0.119. The molecule has 1 aliphatic rings. The first-order valence-electron chi connectivity index (χ1n) is 7.57. The van der Waals surface area contributed by atoms with Gasteiger partial charge in [0.25, 0.3) is 0 Å². The molecule has 1 aliphatic carbocycles. The number of benzene rings is 1. The Balaban J connectivity index is 2.00. The molecular weight excluding hydrogens is 345 g/mol. The molecule has 0 aromatic heterocycles. The SMILES string of the molecule is CC(NS(=O)(=O)c1cccc(C(F)(F)F)c1)C(=O)NCCC1CC1. The van der Waals surface area contributed by atoms with Gasteiger partial charge in [-0.25, -0.2) is 8.42 Å². The zero-order valence-corrected chi connectivity index (χ0v) is 13.9. The molecule has 1 aromatic carbocycles. The van der Waals surface area contributed by atoms with Crippen LogP contribution in [0.15, 0.2) is 29.2 Å². The number of hydrogen-bond donors (Lipinski definition) is 2. The summed E-state index contributed by atoms with van der Waals surface area (Å²) in [6, 6.07) is 2.31. The highest BCUT2D eigenvalue weighted by molar-refractivity contribution is 7.89. The van der Waals surface area contributed by atoms with E-state index in [0.29, 0.717) is 18.5 Å². The molecule has 0 saturated heterocycles. The van der Waals surface area contributed by atoms with Gasteiger partial charge in [0.2, 0.25) is 15.9 Å². The van der Waals surface area contributed by atoms with Crippen LogP contribution < -0.4 is 10.0 Å². The molecule has 0 heterocycles. The molecule has 1 aromatic rings. The van der Waals surface area contributed by atoms with Gasteiger partial charge >= 0.3 is 6.18 Å². The van der Waals surface area contributed by atoms with Crippen molar-refractivity contribution in [3.8, 4) is 0 Å². The van der Waals surface area contributed by atoms with Crippen LogP contribution >= 0.6 is 0 Å². The molecule has 0 bridgehead atoms. The minimum atomic E-state index is -4.64. The van der Waals surface area contributed by atoms with E-state index in [0.717, 1.165) is 37.5 Å². The molecule has 134 valence electrons. The van der Waals surface area contributed by atoms with Crippen LogP contribution in [0.2, 0.25) is 0 Å². The van der Waals surface area contributed by atoms with Crippen LogP contribution in [0.5, 0.6) is 0 Å². The lowest BCUT2D eigenvalue weighted by Crippen LogP contribution is -2.45. The topological polar surface area (TPSA) is 75.3 Å². The number of carbonyl (C=O) groups excluding carboxylic acids is 1. The lowest BCUT2D eigenvalue weighted by Gasteiger charge is -2.15. The highest BCUT2D eigenvalue weighted by atomic mass is 32.2. The zero-order chi connectivity index (χ0) is 18.0. The summed E-state index contributed by atoms with van der Waals surface area (Å²) in [5, 5.41) is 2.62. The Morgan fingerprint density at radius 2 is 2.00 bits per heavy atom. The Morgan fingerprint density at radius 1 is 1.33 bits per heavy atom. The number of alkyl halides is 3. The Labute approximate surface area is 138 Å². The Morgan fingerprint density at radius 3 is 2.58 bits per heavy atom. The van der Waals surface area contributed by atoms with E-state index in [9.17, 15) is 26.4 Å². The van der Waals surface area contributed by atoms with Crippen LogP contribution in [0, 0.1) is 5.92 Å². The predicted octanol–water partition coefficient (Wildman–Crippen LogP) is 2.29. The van der Waals surface area contributed by atoms with Crippen molar-refractivity contribution in [2.45, 2.75) is 43.3 Å². The average molecular weight is 364 g/mol. The van der Waals surface area contributed by atoms with Crippen LogP contribution in [0.1, 0.15) is 31.7 Å². The van der Waals surface area contributed by atoms with E-state index in [1.54, 1.807) is 0 Å². The van der Waals surface area contributed by atoms with Gasteiger partial charge in [-0.2, -0.15) is 17.9 Å². The zero-order valence-electron chi connectivity index (χ0n) is 13.1. The molecule has 2 N–H and O–H groups in total. The molecular formula is C15H19F3N2O3S. The van der Waals surface area contributed by atoms with Crippen molar-refractivity contribution in [3.05, 3.63) is 29.8 Å². The number of rotatable bonds is 7. The monoisotopic (exact) mass is 364 g/mol. The average Bonchev–Trinajstić information content (AvgIpc) is 3.30. The van der Waals surface area contributed by atoms with Gasteiger partial charge < -0.3 is 5.32 Å². The molecule has 1 amide bonds. The third-order valence-corrected chi connectivity index (χ3v) is 5.28. The normalized spacial score (nSPS) is 16.7. The third kappa shape index (κ3) is 5.20. The number of hydrogen-bond acceptors (Lipinski definition) is 3. The van der Waals surface area contributed by atoms with E-state index in [1.807, 2.05) is 0 Å². The molecule has 0 spiro atoms. The molecule has 24 heavy (non-hydrogen) atoms. The Bertz CT molecular complexity index is 700. The maximum Gasteiger partial charge on any atom is 0.416 e. The molecule has 1 unspecified atom stereocenters. The summed E-state index contributed by atoms with van der Waals surface area (Å²) in [6.07, 6.45) is -1.50. The lowest BCUT2D eigenvalue weighted by molar-refractivity contribution is -0.137. The van der Waals surface area contributed by atoms with Crippen molar-refractivity contribution in [2.24, 2.45) is 5.92 Å². The fourth-order valence-electron chi connectivity index (χ4n) is 2.15. The van der Waals surface area contributed by atoms with E-state index in [-0.39, 0.29) is 0 Å². The van der Waals surface area contributed by atoms with Crippen molar-refractivity contribution in [2.75, 3.05) is 6.54 Å². The van der Waals surface area contributed by atoms with Crippen LogP contribution in [-0.2, 0) is 21.0 Å². The van der Waals surface area contributed by atoms with Crippen LogP contribution in [-0.4, -0.2) is 26.9 Å². The van der Waals surface area contributed by atoms with Crippen LogP contribution in [0.3, 0.4) is 0 Å². The second-order valence-corrected chi connectivity index (χ2v) is 7.61. The van der Waals surface area contributed by atoms with E-state index < -0.39 is 38.6 Å². The van der Waals surface area contributed by atoms with E-state index in [2.05, 4.69) is 10.0 Å². The minimum Gasteiger partial charge on any atom is -0.355 e. The Hall–Kier alpha value is -1.61. The number of sulfonamides is 1. The second-order valence-electron chi connectivity index (χ2n) is 5.89. The van der Waals surface area contributed by atoms with Crippen molar-refractivity contribution in [3.63, 3.8) is 0 Å². The molecule has 5 nitrogen and oxygen atoms in total. The fraction of sp³-hybridized carbons (Fsp3) is 0.533. The highest BCUT2D eigenvalue weighted by Crippen LogP contribution is 2.32. The number of carbonyl (C=O) groups is 1. The summed E-state index contributed by atoms with van der Waals surface area (Å²) in [5.41, 5.74) is -1.06. The molecule has 1 atom stereocenters. The molecule has 1 saturated carbocycles. The van der Waals surface area contributed by atoms with Gasteiger partial charge in [-0.15, -0.1) is 0 Å². The van der Waals surface area contributed by atoms with Crippen molar-refractivity contribution in [1.82, 2.24) is 10.0 Å². The number of halogens is 3. The number of amides is 1. The predicted molar refractivity (Wildman–Crippen MR) is 81.6 cm³/mol. The standard InChI is InChI=1S/C15H19F3N2O3S/c1-10(14(21)19-8-7-11-5-6-11)20-24(22,23)13-4-2-3-12(9-13)15(16,17)18/h2-4,9-11,20H,5-8H2,1H3,(H,19,21). The van der Waals surface area contributed by atoms with E-state index in [4.69, 9.17) is 0 Å². The molecule has 0 aliphatic heterocycles. The fourth-order valence-corrected chi connectivity index (χ4v) is 3.40. The summed E-state index contributed by atoms with van der Waals surface area (Å²) >= 11 is 0. The summed E-state index contributed by atoms with van der Waals surface area (Å²) in [7, 11) is -4.23. The Kier molecular flexibility index (Phi) is 5.54. The van der Waals surface area contributed by atoms with E-state index >= 15 is 0 Å². The summed E-state index contributed by atoms with van der Waals surface area (Å²) < 4.78 is 64.4. The molecule has 9 heteroatoms. The quantitative estimate of drug-likeness (QED) is 0.780. The van der Waals surface area contributed by atoms with Gasteiger partial charge in [0.05, 0.1) is 16.5 Å². The maximum absolute atomic E-state index is 12.7. The first-order chi connectivity index (χ1) is 11.1. The van der Waals surface area contributed by atoms with Gasteiger partial charge in [-0.3, -0.25) is 4.79 Å². The maximum atomic E-state index is 12.7. The smallest absolute Gasteiger partial charge is 0.355 e. The number of nitrogens with one attached hydrogen (secondary N) is 2. The van der Waals surface area contributed by atoms with Gasteiger partial charge in [0.15, 0.2) is 0 Å². The van der Waals surface area contributed by atoms with Gasteiger partial charge in [-0.1, -0.05) is 18.9 Å². The van der Waals surface area contributed by atoms with Gasteiger partial charge in [0.1, 0.15) is 0 Å². The van der Waals surface area contributed by atoms with E-state index in [1.165, 1.54) is 6.92 Å². The van der Waals surface area contributed by atoms with Crippen LogP contribution in [0.25, 0.3) is 0 Å².